The van der Waals surface area contributed by atoms with Crippen LogP contribution in [0.2, 0.25) is 0 Å². The quantitative estimate of drug-likeness (QED) is 0.164. The fourth-order valence-corrected chi connectivity index (χ4v) is 12.9. The SMILES string of the molecule is CC(C)(C)c1ccc(N(c2ccc(C(C)(C)C)cc2)c2cc3c4c(c2)-n2c5c(c6cc(C(C)(C)C)cc(c62)B4c2ccc(C(C)(C)C)cc2N3c2cccc3c2oc2ccccc23)-c2ccccc2C5(C)C)cc1. The zero-order valence-electron chi connectivity index (χ0n) is 45.8. The van der Waals surface area contributed by atoms with Gasteiger partial charge in [-0.25, -0.2) is 0 Å². The standard InChI is InChI=1S/C69H68BN3O/c1-65(2,3)41-26-31-45(32-27-41)71(46-33-28-42(29-34-46)66(4,5)6)47-39-57-61-58(40-47)73-62-51(60-50-21-15-17-23-52(50)69(13,14)64(60)73)36-44(68(10,11)12)37-54(62)70(61)53-35-30-43(67(7,8)9)38-56(53)72(57)55-24-19-22-49-48-20-16-18-25-59(48)74-63(49)55/h15-40H,1-14H3. The van der Waals surface area contributed by atoms with Gasteiger partial charge in [-0.3, -0.25) is 0 Å². The Bertz CT molecular complexity index is 3910. The van der Waals surface area contributed by atoms with Gasteiger partial charge >= 0.3 is 0 Å². The summed E-state index contributed by atoms with van der Waals surface area (Å²) in [5.74, 6) is 0. The molecular weight excluding hydrogens is 898 g/mol. The van der Waals surface area contributed by atoms with E-state index in [-0.39, 0.29) is 33.8 Å². The van der Waals surface area contributed by atoms with E-state index in [4.69, 9.17) is 4.42 Å². The molecule has 3 aliphatic rings. The number of furan rings is 1. The highest BCUT2D eigenvalue weighted by molar-refractivity contribution is 7.00. The summed E-state index contributed by atoms with van der Waals surface area (Å²) < 4.78 is 9.79. The van der Waals surface area contributed by atoms with Crippen molar-refractivity contribution in [2.24, 2.45) is 0 Å². The van der Waals surface area contributed by atoms with Crippen LogP contribution in [0, 0.1) is 0 Å². The van der Waals surface area contributed by atoms with Crippen molar-refractivity contribution < 1.29 is 4.42 Å². The first-order valence-corrected chi connectivity index (χ1v) is 26.9. The highest BCUT2D eigenvalue weighted by atomic mass is 16.3. The predicted octanol–water partition coefficient (Wildman–Crippen LogP) is 17.1. The van der Waals surface area contributed by atoms with Crippen LogP contribution in [0.4, 0.5) is 34.1 Å². The molecule has 0 atom stereocenters. The lowest BCUT2D eigenvalue weighted by Crippen LogP contribution is -2.61. The molecule has 0 saturated heterocycles. The highest BCUT2D eigenvalue weighted by Crippen LogP contribution is 2.56. The first-order chi connectivity index (χ1) is 35.0. The van der Waals surface area contributed by atoms with Crippen molar-refractivity contribution in [3.05, 3.63) is 191 Å². The third kappa shape index (κ3) is 6.73. The summed E-state index contributed by atoms with van der Waals surface area (Å²) in [7, 11) is 0. The number of aromatic nitrogens is 1. The lowest BCUT2D eigenvalue weighted by molar-refractivity contribution is 0.590. The number of para-hydroxylation sites is 2. The van der Waals surface area contributed by atoms with Gasteiger partial charge in [-0.2, -0.15) is 0 Å². The first-order valence-electron chi connectivity index (χ1n) is 26.9. The second kappa shape index (κ2) is 15.4. The van der Waals surface area contributed by atoms with Crippen molar-refractivity contribution in [2.45, 2.75) is 124 Å². The molecule has 0 bridgehead atoms. The predicted molar refractivity (Wildman–Crippen MR) is 317 cm³/mol. The van der Waals surface area contributed by atoms with Crippen LogP contribution in [-0.2, 0) is 27.1 Å². The van der Waals surface area contributed by atoms with Crippen molar-refractivity contribution >= 4 is 90.1 Å². The summed E-state index contributed by atoms with van der Waals surface area (Å²) in [6.07, 6.45) is 0. The molecule has 4 nitrogen and oxygen atoms in total. The topological polar surface area (TPSA) is 24.6 Å². The number of anilines is 6. The lowest BCUT2D eigenvalue weighted by Gasteiger charge is -2.42. The van der Waals surface area contributed by atoms with Crippen LogP contribution in [-0.4, -0.2) is 11.3 Å². The number of hydrogen-bond donors (Lipinski definition) is 0. The average Bonchev–Trinajstić information content (AvgIpc) is 3.99. The fourth-order valence-electron chi connectivity index (χ4n) is 12.9. The molecule has 13 rings (SSSR count). The maximum Gasteiger partial charge on any atom is 0.252 e. The molecule has 2 aromatic heterocycles. The maximum absolute atomic E-state index is 7.07. The summed E-state index contributed by atoms with van der Waals surface area (Å²) in [5.41, 5.74) is 25.2. The van der Waals surface area contributed by atoms with Crippen molar-refractivity contribution in [3.63, 3.8) is 0 Å². The normalized spacial score (nSPS) is 14.7. The maximum atomic E-state index is 7.07. The number of benzene rings is 8. The van der Waals surface area contributed by atoms with Gasteiger partial charge in [0, 0.05) is 66.8 Å². The number of fused-ring (bicyclic) bond motifs is 12. The molecule has 2 aliphatic heterocycles. The van der Waals surface area contributed by atoms with E-state index in [2.05, 4.69) is 269 Å². The Morgan fingerprint density at radius 3 is 1.69 bits per heavy atom. The Hall–Kier alpha value is -7.24. The molecule has 0 unspecified atom stereocenters. The van der Waals surface area contributed by atoms with Crippen LogP contribution in [0.3, 0.4) is 0 Å². The zero-order valence-corrected chi connectivity index (χ0v) is 45.8. The molecule has 0 fully saturated rings. The minimum atomic E-state index is -0.293. The Morgan fingerprint density at radius 2 is 1.04 bits per heavy atom. The van der Waals surface area contributed by atoms with Gasteiger partial charge in [0.2, 0.25) is 0 Å². The van der Waals surface area contributed by atoms with Gasteiger partial charge in [0.05, 0.1) is 11.4 Å². The van der Waals surface area contributed by atoms with Gasteiger partial charge in [-0.1, -0.05) is 194 Å². The van der Waals surface area contributed by atoms with E-state index in [0.29, 0.717) is 0 Å². The monoisotopic (exact) mass is 966 g/mol. The second-order valence-corrected chi connectivity index (χ2v) is 26.3. The molecule has 4 heterocycles. The molecule has 8 aromatic carbocycles. The minimum absolute atomic E-state index is 0.00495. The molecule has 5 heteroatoms. The molecule has 0 N–H and O–H groups in total. The zero-order chi connectivity index (χ0) is 51.8. The van der Waals surface area contributed by atoms with Crippen molar-refractivity contribution in [3.8, 4) is 16.8 Å². The summed E-state index contributed by atoms with van der Waals surface area (Å²) in [5, 5.41) is 3.58. The van der Waals surface area contributed by atoms with Crippen molar-refractivity contribution in [2.75, 3.05) is 9.80 Å². The minimum Gasteiger partial charge on any atom is -0.454 e. The summed E-state index contributed by atoms with van der Waals surface area (Å²) in [6, 6.07) is 60.6. The Balaban J connectivity index is 1.21. The van der Waals surface area contributed by atoms with Gasteiger partial charge in [0.15, 0.2) is 5.58 Å². The fraction of sp³-hybridized carbons (Fsp3) is 0.275. The summed E-state index contributed by atoms with van der Waals surface area (Å²) in [4.78, 5) is 5.09. The van der Waals surface area contributed by atoms with Gasteiger partial charge in [0.1, 0.15) is 5.58 Å². The van der Waals surface area contributed by atoms with Crippen molar-refractivity contribution in [1.29, 1.82) is 0 Å². The van der Waals surface area contributed by atoms with E-state index in [9.17, 15) is 0 Å². The van der Waals surface area contributed by atoms with Crippen LogP contribution < -0.4 is 26.2 Å². The second-order valence-electron chi connectivity index (χ2n) is 26.3. The van der Waals surface area contributed by atoms with E-state index in [0.717, 1.165) is 50.4 Å². The molecular formula is C69H68BN3O. The molecule has 0 spiro atoms. The van der Waals surface area contributed by atoms with Crippen LogP contribution in [0.1, 0.15) is 130 Å². The van der Waals surface area contributed by atoms with Gasteiger partial charge < -0.3 is 18.8 Å². The number of hydrogen-bond acceptors (Lipinski definition) is 3. The number of nitrogens with zero attached hydrogens (tertiary/aromatic N) is 3. The van der Waals surface area contributed by atoms with Gasteiger partial charge in [0.25, 0.3) is 6.71 Å². The van der Waals surface area contributed by atoms with E-state index in [1.807, 2.05) is 0 Å². The largest absolute Gasteiger partial charge is 0.454 e. The molecule has 10 aromatic rings. The summed E-state index contributed by atoms with van der Waals surface area (Å²) >= 11 is 0. The molecule has 0 amide bonds. The molecule has 1 aliphatic carbocycles. The molecule has 74 heavy (non-hydrogen) atoms. The van der Waals surface area contributed by atoms with Crippen LogP contribution >= 0.6 is 0 Å². The van der Waals surface area contributed by atoms with Crippen molar-refractivity contribution in [1.82, 2.24) is 4.57 Å². The molecule has 368 valence electrons. The smallest absolute Gasteiger partial charge is 0.252 e. The average molecular weight is 966 g/mol. The van der Waals surface area contributed by atoms with Gasteiger partial charge in [-0.15, -0.1) is 0 Å². The van der Waals surface area contributed by atoms with Crippen LogP contribution in [0.25, 0.3) is 49.7 Å². The number of rotatable bonds is 4. The highest BCUT2D eigenvalue weighted by Gasteiger charge is 2.48. The van der Waals surface area contributed by atoms with Crippen LogP contribution in [0.15, 0.2) is 162 Å². The van der Waals surface area contributed by atoms with E-state index < -0.39 is 0 Å². The Kier molecular flexibility index (Phi) is 9.70. The van der Waals surface area contributed by atoms with E-state index in [1.165, 1.54) is 83.3 Å². The molecule has 0 saturated carbocycles. The third-order valence-electron chi connectivity index (χ3n) is 16.9. The third-order valence-corrected chi connectivity index (χ3v) is 16.9. The van der Waals surface area contributed by atoms with Gasteiger partial charge in [-0.05, 0) is 132 Å². The Labute approximate surface area is 438 Å². The van der Waals surface area contributed by atoms with E-state index >= 15 is 0 Å². The van der Waals surface area contributed by atoms with Crippen LogP contribution in [0.5, 0.6) is 0 Å². The summed E-state index contributed by atoms with van der Waals surface area (Å²) in [6.45, 7) is 32.8. The first kappa shape index (κ1) is 46.5. The lowest BCUT2D eigenvalue weighted by atomic mass is 9.33. The molecule has 0 radical (unpaired) electrons. The van der Waals surface area contributed by atoms with E-state index in [1.54, 1.807) is 0 Å². The Morgan fingerprint density at radius 1 is 0.459 bits per heavy atom.